The van der Waals surface area contributed by atoms with Crippen LogP contribution in [0.25, 0.3) is 0 Å². The van der Waals surface area contributed by atoms with Crippen molar-refractivity contribution >= 4 is 17.6 Å². The van der Waals surface area contributed by atoms with Crippen molar-refractivity contribution in [2.24, 2.45) is 16.6 Å². The standard InChI is InChI=1S/C9H13ClN4/c10-8-3-1-7(2-4-8)5-6-13-14-9(11)12/h1-4,13H,5-6H2,(H4,11,12,14). The van der Waals surface area contributed by atoms with Crippen LogP contribution in [-0.2, 0) is 6.42 Å². The Morgan fingerprint density at radius 3 is 2.50 bits per heavy atom. The largest absolute Gasteiger partial charge is 0.369 e. The number of hydrogen-bond acceptors (Lipinski definition) is 2. The maximum Gasteiger partial charge on any atom is 0.208 e. The van der Waals surface area contributed by atoms with E-state index in [1.54, 1.807) is 0 Å². The number of hydrogen-bond donors (Lipinski definition) is 3. The van der Waals surface area contributed by atoms with Crippen molar-refractivity contribution in [2.75, 3.05) is 6.54 Å². The normalized spacial score (nSPS) is 9.50. The first-order chi connectivity index (χ1) is 6.68. The molecular weight excluding hydrogens is 200 g/mol. The minimum absolute atomic E-state index is 0.0427. The van der Waals surface area contributed by atoms with Gasteiger partial charge in [-0.1, -0.05) is 23.7 Å². The van der Waals surface area contributed by atoms with E-state index in [2.05, 4.69) is 10.5 Å². The smallest absolute Gasteiger partial charge is 0.208 e. The summed E-state index contributed by atoms with van der Waals surface area (Å²) in [6, 6.07) is 7.66. The van der Waals surface area contributed by atoms with Crippen LogP contribution >= 0.6 is 11.6 Å². The Morgan fingerprint density at radius 1 is 1.29 bits per heavy atom. The van der Waals surface area contributed by atoms with Gasteiger partial charge in [-0.2, -0.15) is 0 Å². The molecule has 5 N–H and O–H groups in total. The van der Waals surface area contributed by atoms with Crippen LogP contribution in [0.15, 0.2) is 29.4 Å². The molecule has 0 bridgehead atoms. The van der Waals surface area contributed by atoms with Crippen molar-refractivity contribution in [3.63, 3.8) is 0 Å². The maximum absolute atomic E-state index is 5.74. The summed E-state index contributed by atoms with van der Waals surface area (Å²) < 4.78 is 0. The maximum atomic E-state index is 5.74. The molecule has 0 saturated carbocycles. The topological polar surface area (TPSA) is 76.4 Å². The first-order valence-electron chi connectivity index (χ1n) is 4.24. The third kappa shape index (κ3) is 4.00. The van der Waals surface area contributed by atoms with Crippen molar-refractivity contribution in [2.45, 2.75) is 6.42 Å². The van der Waals surface area contributed by atoms with E-state index < -0.39 is 0 Å². The lowest BCUT2D eigenvalue weighted by molar-refractivity contribution is 0.728. The van der Waals surface area contributed by atoms with E-state index in [0.717, 1.165) is 11.4 Å². The van der Waals surface area contributed by atoms with Crippen LogP contribution in [0.5, 0.6) is 0 Å². The SMILES string of the molecule is NC(N)=NNCCc1ccc(Cl)cc1. The van der Waals surface area contributed by atoms with E-state index >= 15 is 0 Å². The number of benzene rings is 1. The molecule has 4 nitrogen and oxygen atoms in total. The van der Waals surface area contributed by atoms with Gasteiger partial charge in [0.25, 0.3) is 0 Å². The van der Waals surface area contributed by atoms with E-state index in [4.69, 9.17) is 23.1 Å². The number of rotatable bonds is 4. The molecule has 5 heteroatoms. The molecule has 1 aromatic carbocycles. The van der Waals surface area contributed by atoms with Gasteiger partial charge in [0.05, 0.1) is 0 Å². The summed E-state index contributed by atoms with van der Waals surface area (Å²) in [5.74, 6) is 0.0427. The van der Waals surface area contributed by atoms with Crippen LogP contribution in [0.2, 0.25) is 5.02 Å². The number of halogens is 1. The van der Waals surface area contributed by atoms with Crippen LogP contribution in [0.3, 0.4) is 0 Å². The number of nitrogens with zero attached hydrogens (tertiary/aromatic N) is 1. The van der Waals surface area contributed by atoms with Crippen molar-refractivity contribution < 1.29 is 0 Å². The minimum atomic E-state index is 0.0427. The van der Waals surface area contributed by atoms with E-state index in [0.29, 0.717) is 6.54 Å². The molecule has 1 rings (SSSR count). The molecule has 0 unspecified atom stereocenters. The predicted octanol–water partition coefficient (Wildman–Crippen LogP) is 0.661. The third-order valence-corrected chi connectivity index (χ3v) is 1.90. The summed E-state index contributed by atoms with van der Waals surface area (Å²) in [4.78, 5) is 0. The van der Waals surface area contributed by atoms with Gasteiger partial charge in [-0.25, -0.2) is 0 Å². The second-order valence-corrected chi connectivity index (χ2v) is 3.26. The summed E-state index contributed by atoms with van der Waals surface area (Å²) in [6.45, 7) is 0.694. The van der Waals surface area contributed by atoms with Gasteiger partial charge in [-0.15, -0.1) is 5.10 Å². The highest BCUT2D eigenvalue weighted by Gasteiger charge is 1.92. The fourth-order valence-corrected chi connectivity index (χ4v) is 1.12. The first kappa shape index (κ1) is 10.7. The summed E-state index contributed by atoms with van der Waals surface area (Å²) in [5.41, 5.74) is 14.2. The number of nitrogens with two attached hydrogens (primary N) is 2. The highest BCUT2D eigenvalue weighted by Crippen LogP contribution is 2.09. The Balaban J connectivity index is 2.32. The Hall–Kier alpha value is -1.42. The molecule has 0 fully saturated rings. The molecule has 0 atom stereocenters. The zero-order valence-corrected chi connectivity index (χ0v) is 8.46. The summed E-state index contributed by atoms with van der Waals surface area (Å²) in [5, 5.41) is 4.39. The second kappa shape index (κ2) is 5.34. The number of guanidine groups is 1. The Kier molecular flexibility index (Phi) is 4.07. The molecule has 76 valence electrons. The molecule has 0 heterocycles. The van der Waals surface area contributed by atoms with Crippen molar-refractivity contribution in [3.8, 4) is 0 Å². The van der Waals surface area contributed by atoms with Crippen LogP contribution in [0, 0.1) is 0 Å². The molecule has 0 spiro atoms. The van der Waals surface area contributed by atoms with Crippen LogP contribution in [0.1, 0.15) is 5.56 Å². The zero-order chi connectivity index (χ0) is 10.4. The molecule has 0 aromatic heterocycles. The predicted molar refractivity (Wildman–Crippen MR) is 59.0 cm³/mol. The lowest BCUT2D eigenvalue weighted by Crippen LogP contribution is -2.27. The second-order valence-electron chi connectivity index (χ2n) is 2.82. The molecule has 0 radical (unpaired) electrons. The summed E-state index contributed by atoms with van der Waals surface area (Å²) >= 11 is 5.74. The van der Waals surface area contributed by atoms with Gasteiger partial charge >= 0.3 is 0 Å². The van der Waals surface area contributed by atoms with Gasteiger partial charge in [0.15, 0.2) is 0 Å². The molecule has 14 heavy (non-hydrogen) atoms. The zero-order valence-electron chi connectivity index (χ0n) is 7.70. The highest BCUT2D eigenvalue weighted by molar-refractivity contribution is 6.30. The average molecular weight is 213 g/mol. The Labute approximate surface area is 87.9 Å². The molecule has 1 aromatic rings. The number of nitrogens with one attached hydrogen (secondary N) is 1. The third-order valence-electron chi connectivity index (χ3n) is 1.65. The van der Waals surface area contributed by atoms with Crippen LogP contribution in [-0.4, -0.2) is 12.5 Å². The fraction of sp³-hybridized carbons (Fsp3) is 0.222. The monoisotopic (exact) mass is 212 g/mol. The van der Waals surface area contributed by atoms with E-state index in [1.807, 2.05) is 24.3 Å². The molecular formula is C9H13ClN4. The fourth-order valence-electron chi connectivity index (χ4n) is 0.999. The van der Waals surface area contributed by atoms with Gasteiger partial charge in [-0.05, 0) is 24.1 Å². The molecule has 0 saturated heterocycles. The van der Waals surface area contributed by atoms with Crippen molar-refractivity contribution in [1.82, 2.24) is 5.43 Å². The van der Waals surface area contributed by atoms with E-state index in [9.17, 15) is 0 Å². The molecule has 0 aliphatic heterocycles. The summed E-state index contributed by atoms with van der Waals surface area (Å²) in [7, 11) is 0. The minimum Gasteiger partial charge on any atom is -0.369 e. The van der Waals surface area contributed by atoms with Gasteiger partial charge < -0.3 is 16.9 Å². The van der Waals surface area contributed by atoms with Gasteiger partial charge in [-0.3, -0.25) is 0 Å². The van der Waals surface area contributed by atoms with Gasteiger partial charge in [0.2, 0.25) is 5.96 Å². The average Bonchev–Trinajstić information content (AvgIpc) is 2.15. The number of hydrazone groups is 1. The van der Waals surface area contributed by atoms with E-state index in [1.165, 1.54) is 5.56 Å². The van der Waals surface area contributed by atoms with Crippen molar-refractivity contribution in [3.05, 3.63) is 34.9 Å². The van der Waals surface area contributed by atoms with E-state index in [-0.39, 0.29) is 5.96 Å². The molecule has 0 aliphatic rings. The van der Waals surface area contributed by atoms with Crippen LogP contribution in [0.4, 0.5) is 0 Å². The van der Waals surface area contributed by atoms with Crippen LogP contribution < -0.4 is 16.9 Å². The summed E-state index contributed by atoms with van der Waals surface area (Å²) in [6.07, 6.45) is 0.855. The lowest BCUT2D eigenvalue weighted by atomic mass is 10.2. The Morgan fingerprint density at radius 2 is 1.93 bits per heavy atom. The van der Waals surface area contributed by atoms with Gasteiger partial charge in [0.1, 0.15) is 0 Å². The molecule has 0 aliphatic carbocycles. The Bertz CT molecular complexity index is 303. The van der Waals surface area contributed by atoms with Crippen molar-refractivity contribution in [1.29, 1.82) is 0 Å². The van der Waals surface area contributed by atoms with Gasteiger partial charge in [0, 0.05) is 11.6 Å². The lowest BCUT2D eigenvalue weighted by Gasteiger charge is -2.01. The first-order valence-corrected chi connectivity index (χ1v) is 4.62. The molecule has 0 amide bonds. The quantitative estimate of drug-likeness (QED) is 0.297. The highest BCUT2D eigenvalue weighted by atomic mass is 35.5.